The zero-order valence-electron chi connectivity index (χ0n) is 20.0. The molecule has 2 saturated heterocycles. The van der Waals surface area contributed by atoms with E-state index in [9.17, 15) is 0 Å². The standard InChI is InChI=1S/C25H38N6O/c1-5-26-25(31-11-10-23(18-31)24-13-28-29(4)17-24)27-12-21-6-8-22(9-7-21)16-30-14-19(2)32-20(3)15-30/h6-9,13,17,19-20,23H,5,10-12,14-16,18H2,1-4H3,(H,26,27). The Hall–Kier alpha value is -2.38. The number of rotatable bonds is 6. The molecule has 2 aliphatic rings. The van der Waals surface area contributed by atoms with Crippen LogP contribution in [0.15, 0.2) is 41.7 Å². The van der Waals surface area contributed by atoms with E-state index in [1.807, 2.05) is 17.9 Å². The molecule has 2 aliphatic heterocycles. The van der Waals surface area contributed by atoms with Crippen LogP contribution in [-0.4, -0.2) is 70.5 Å². The van der Waals surface area contributed by atoms with Crippen molar-refractivity contribution in [3.8, 4) is 0 Å². The molecule has 1 aromatic carbocycles. The third-order valence-corrected chi connectivity index (χ3v) is 6.35. The maximum absolute atomic E-state index is 5.85. The Labute approximate surface area is 192 Å². The van der Waals surface area contributed by atoms with Gasteiger partial charge in [0.15, 0.2) is 5.96 Å². The first-order valence-corrected chi connectivity index (χ1v) is 12.0. The zero-order chi connectivity index (χ0) is 22.5. The molecule has 4 rings (SSSR count). The fourth-order valence-electron chi connectivity index (χ4n) is 4.89. The van der Waals surface area contributed by atoms with E-state index < -0.39 is 0 Å². The number of nitrogens with one attached hydrogen (secondary N) is 1. The van der Waals surface area contributed by atoms with Gasteiger partial charge in [-0.05, 0) is 43.9 Å². The van der Waals surface area contributed by atoms with Gasteiger partial charge >= 0.3 is 0 Å². The highest BCUT2D eigenvalue weighted by atomic mass is 16.5. The summed E-state index contributed by atoms with van der Waals surface area (Å²) in [4.78, 5) is 9.82. The summed E-state index contributed by atoms with van der Waals surface area (Å²) >= 11 is 0. The van der Waals surface area contributed by atoms with Crippen LogP contribution in [0.4, 0.5) is 0 Å². The molecule has 0 radical (unpaired) electrons. The minimum atomic E-state index is 0.306. The molecular weight excluding hydrogens is 400 g/mol. The summed E-state index contributed by atoms with van der Waals surface area (Å²) in [5, 5.41) is 7.82. The lowest BCUT2D eigenvalue weighted by atomic mass is 10.0. The van der Waals surface area contributed by atoms with Crippen molar-refractivity contribution in [1.29, 1.82) is 0 Å². The van der Waals surface area contributed by atoms with Gasteiger partial charge in [0.1, 0.15) is 0 Å². The van der Waals surface area contributed by atoms with Crippen molar-refractivity contribution in [2.75, 3.05) is 32.7 Å². The maximum Gasteiger partial charge on any atom is 0.194 e. The largest absolute Gasteiger partial charge is 0.373 e. The molecule has 7 nitrogen and oxygen atoms in total. The van der Waals surface area contributed by atoms with Crippen LogP contribution < -0.4 is 5.32 Å². The first kappa shape index (κ1) is 22.8. The van der Waals surface area contributed by atoms with Crippen LogP contribution in [-0.2, 0) is 24.9 Å². The highest BCUT2D eigenvalue weighted by molar-refractivity contribution is 5.80. The van der Waals surface area contributed by atoms with E-state index in [4.69, 9.17) is 9.73 Å². The van der Waals surface area contributed by atoms with Crippen LogP contribution in [0, 0.1) is 0 Å². The second-order valence-corrected chi connectivity index (χ2v) is 9.32. The van der Waals surface area contributed by atoms with Crippen molar-refractivity contribution in [3.63, 3.8) is 0 Å². The molecule has 0 saturated carbocycles. The molecule has 2 aromatic rings. The number of aromatic nitrogens is 2. The maximum atomic E-state index is 5.85. The Morgan fingerprint density at radius 3 is 2.50 bits per heavy atom. The summed E-state index contributed by atoms with van der Waals surface area (Å²) in [7, 11) is 1.98. The first-order chi connectivity index (χ1) is 15.5. The molecule has 1 N–H and O–H groups in total. The van der Waals surface area contributed by atoms with Gasteiger partial charge in [-0.15, -0.1) is 0 Å². The molecule has 7 heteroatoms. The average Bonchev–Trinajstić information content (AvgIpc) is 3.40. The third-order valence-electron chi connectivity index (χ3n) is 6.35. The van der Waals surface area contributed by atoms with Crippen LogP contribution in [0.3, 0.4) is 0 Å². The Kier molecular flexibility index (Phi) is 7.48. The molecule has 174 valence electrons. The number of ether oxygens (including phenoxy) is 1. The lowest BCUT2D eigenvalue weighted by Gasteiger charge is -2.35. The molecule has 0 spiro atoms. The van der Waals surface area contributed by atoms with Crippen LogP contribution in [0.5, 0.6) is 0 Å². The quantitative estimate of drug-likeness (QED) is 0.555. The topological polar surface area (TPSA) is 57.9 Å². The Balaban J connectivity index is 1.34. The smallest absolute Gasteiger partial charge is 0.194 e. The summed E-state index contributed by atoms with van der Waals surface area (Å²) in [6.07, 6.45) is 5.89. The monoisotopic (exact) mass is 438 g/mol. The molecule has 0 bridgehead atoms. The second-order valence-electron chi connectivity index (χ2n) is 9.32. The number of aliphatic imine (C=N–C) groups is 1. The van der Waals surface area contributed by atoms with Crippen molar-refractivity contribution in [2.24, 2.45) is 12.0 Å². The van der Waals surface area contributed by atoms with Gasteiger partial charge in [0, 0.05) is 58.4 Å². The fraction of sp³-hybridized carbons (Fsp3) is 0.600. The van der Waals surface area contributed by atoms with Gasteiger partial charge in [-0.2, -0.15) is 5.10 Å². The van der Waals surface area contributed by atoms with Crippen molar-refractivity contribution in [3.05, 3.63) is 53.3 Å². The summed E-state index contributed by atoms with van der Waals surface area (Å²) in [6.45, 7) is 13.0. The van der Waals surface area contributed by atoms with Gasteiger partial charge in [0.05, 0.1) is 24.9 Å². The Morgan fingerprint density at radius 2 is 1.84 bits per heavy atom. The molecular formula is C25H38N6O. The van der Waals surface area contributed by atoms with Gasteiger partial charge in [0.25, 0.3) is 0 Å². The van der Waals surface area contributed by atoms with Crippen molar-refractivity contribution >= 4 is 5.96 Å². The van der Waals surface area contributed by atoms with E-state index in [-0.39, 0.29) is 0 Å². The van der Waals surface area contributed by atoms with Crippen molar-refractivity contribution in [2.45, 2.75) is 58.4 Å². The Bertz CT molecular complexity index is 882. The number of nitrogens with zero attached hydrogens (tertiary/aromatic N) is 5. The van der Waals surface area contributed by atoms with Gasteiger partial charge in [-0.3, -0.25) is 9.58 Å². The van der Waals surface area contributed by atoms with E-state index in [1.165, 1.54) is 16.7 Å². The highest BCUT2D eigenvalue weighted by Gasteiger charge is 2.27. The molecule has 3 heterocycles. The zero-order valence-corrected chi connectivity index (χ0v) is 20.0. The predicted molar refractivity (Wildman–Crippen MR) is 129 cm³/mol. The number of aryl methyl sites for hydroxylation is 1. The summed E-state index contributed by atoms with van der Waals surface area (Å²) < 4.78 is 7.74. The number of hydrogen-bond donors (Lipinski definition) is 1. The van der Waals surface area contributed by atoms with Gasteiger partial charge < -0.3 is 15.0 Å². The van der Waals surface area contributed by atoms with Crippen LogP contribution in [0.25, 0.3) is 0 Å². The highest BCUT2D eigenvalue weighted by Crippen LogP contribution is 2.26. The lowest BCUT2D eigenvalue weighted by Crippen LogP contribution is -2.44. The Morgan fingerprint density at radius 1 is 1.12 bits per heavy atom. The lowest BCUT2D eigenvalue weighted by molar-refractivity contribution is -0.0704. The predicted octanol–water partition coefficient (Wildman–Crippen LogP) is 2.98. The van der Waals surface area contributed by atoms with Gasteiger partial charge in [-0.25, -0.2) is 4.99 Å². The van der Waals surface area contributed by atoms with Crippen molar-refractivity contribution in [1.82, 2.24) is 24.9 Å². The van der Waals surface area contributed by atoms with Crippen molar-refractivity contribution < 1.29 is 4.74 Å². The number of likely N-dealkylation sites (tertiary alicyclic amines) is 1. The van der Waals surface area contributed by atoms with Crippen LogP contribution in [0.2, 0.25) is 0 Å². The molecule has 2 fully saturated rings. The summed E-state index contributed by atoms with van der Waals surface area (Å²) in [6, 6.07) is 8.93. The van der Waals surface area contributed by atoms with Gasteiger partial charge in [-0.1, -0.05) is 24.3 Å². The molecule has 32 heavy (non-hydrogen) atoms. The molecule has 1 aromatic heterocycles. The fourth-order valence-corrected chi connectivity index (χ4v) is 4.89. The van der Waals surface area contributed by atoms with E-state index in [1.54, 1.807) is 0 Å². The minimum absolute atomic E-state index is 0.306. The normalized spacial score (nSPS) is 24.8. The molecule has 0 aliphatic carbocycles. The second kappa shape index (κ2) is 10.5. The van der Waals surface area contributed by atoms with Crippen LogP contribution in [0.1, 0.15) is 49.8 Å². The van der Waals surface area contributed by atoms with E-state index in [2.05, 4.69) is 71.4 Å². The van der Waals surface area contributed by atoms with Gasteiger partial charge in [0.2, 0.25) is 0 Å². The SMILES string of the molecule is CCNC(=NCc1ccc(CN2CC(C)OC(C)C2)cc1)N1CCC(c2cnn(C)c2)C1. The first-order valence-electron chi connectivity index (χ1n) is 12.0. The molecule has 3 unspecified atom stereocenters. The average molecular weight is 439 g/mol. The van der Waals surface area contributed by atoms with Crippen LogP contribution >= 0.6 is 0 Å². The third kappa shape index (κ3) is 5.90. The molecule has 0 amide bonds. The molecule has 3 atom stereocenters. The van der Waals surface area contributed by atoms with E-state index in [0.717, 1.165) is 51.6 Å². The number of hydrogen-bond acceptors (Lipinski definition) is 4. The van der Waals surface area contributed by atoms with E-state index >= 15 is 0 Å². The number of guanidine groups is 1. The number of benzene rings is 1. The summed E-state index contributed by atoms with van der Waals surface area (Å²) in [5.41, 5.74) is 3.92. The minimum Gasteiger partial charge on any atom is -0.373 e. The van der Waals surface area contributed by atoms with E-state index in [0.29, 0.717) is 24.7 Å². The summed E-state index contributed by atoms with van der Waals surface area (Å²) in [5.74, 6) is 1.54. The number of morpholine rings is 1.